The standard InChI is InChI=1S/C16H21FN2O3/c1-16(2,8-7-14(20)21)19-15(22)18-11-5-6-13(17)12(9-11)10-3-4-10/h5-6,9-10H,3-4,7-8H2,1-2H3,(H,20,21)(H2,18,19,22). The van der Waals surface area contributed by atoms with Gasteiger partial charge in [0.25, 0.3) is 0 Å². The van der Waals surface area contributed by atoms with Crippen LogP contribution in [0.25, 0.3) is 0 Å². The lowest BCUT2D eigenvalue weighted by Gasteiger charge is -2.25. The van der Waals surface area contributed by atoms with E-state index in [9.17, 15) is 14.0 Å². The second-order valence-electron chi connectivity index (χ2n) is 6.37. The number of benzene rings is 1. The molecule has 2 rings (SSSR count). The van der Waals surface area contributed by atoms with Gasteiger partial charge >= 0.3 is 12.0 Å². The van der Waals surface area contributed by atoms with Crippen molar-refractivity contribution in [1.29, 1.82) is 0 Å². The van der Waals surface area contributed by atoms with Crippen molar-refractivity contribution in [3.63, 3.8) is 0 Å². The van der Waals surface area contributed by atoms with Crippen molar-refractivity contribution in [2.75, 3.05) is 5.32 Å². The molecule has 0 heterocycles. The largest absolute Gasteiger partial charge is 0.481 e. The van der Waals surface area contributed by atoms with E-state index in [0.717, 1.165) is 12.8 Å². The summed E-state index contributed by atoms with van der Waals surface area (Å²) in [5.41, 5.74) is 0.541. The number of rotatable bonds is 6. The fraction of sp³-hybridized carbons (Fsp3) is 0.500. The van der Waals surface area contributed by atoms with Gasteiger partial charge in [0, 0.05) is 17.6 Å². The molecule has 5 nitrogen and oxygen atoms in total. The number of hydrogen-bond acceptors (Lipinski definition) is 2. The molecule has 3 N–H and O–H groups in total. The maximum Gasteiger partial charge on any atom is 0.319 e. The van der Waals surface area contributed by atoms with Crippen LogP contribution in [0.2, 0.25) is 0 Å². The van der Waals surface area contributed by atoms with E-state index in [1.165, 1.54) is 12.1 Å². The fourth-order valence-electron chi connectivity index (χ4n) is 2.28. The first-order valence-corrected chi connectivity index (χ1v) is 7.37. The van der Waals surface area contributed by atoms with Crippen LogP contribution < -0.4 is 10.6 Å². The molecule has 0 radical (unpaired) electrons. The van der Waals surface area contributed by atoms with Gasteiger partial charge in [-0.1, -0.05) is 0 Å². The number of amides is 2. The lowest BCUT2D eigenvalue weighted by Crippen LogP contribution is -2.45. The summed E-state index contributed by atoms with van der Waals surface area (Å²) in [5.74, 6) is -0.880. The molecule has 2 amide bonds. The Labute approximate surface area is 128 Å². The fourth-order valence-corrected chi connectivity index (χ4v) is 2.28. The van der Waals surface area contributed by atoms with Gasteiger partial charge in [0.15, 0.2) is 0 Å². The zero-order valence-electron chi connectivity index (χ0n) is 12.8. The molecule has 6 heteroatoms. The zero-order chi connectivity index (χ0) is 16.3. The van der Waals surface area contributed by atoms with Crippen LogP contribution in [0.3, 0.4) is 0 Å². The normalized spacial score (nSPS) is 14.5. The topological polar surface area (TPSA) is 78.4 Å². The summed E-state index contributed by atoms with van der Waals surface area (Å²) < 4.78 is 13.7. The minimum Gasteiger partial charge on any atom is -0.481 e. The summed E-state index contributed by atoms with van der Waals surface area (Å²) in [4.78, 5) is 22.6. The van der Waals surface area contributed by atoms with Crippen molar-refractivity contribution in [3.05, 3.63) is 29.6 Å². The van der Waals surface area contributed by atoms with E-state index < -0.39 is 17.5 Å². The van der Waals surface area contributed by atoms with Crippen LogP contribution in [-0.2, 0) is 4.79 Å². The number of hydrogen-bond donors (Lipinski definition) is 3. The first-order chi connectivity index (χ1) is 10.3. The number of anilines is 1. The summed E-state index contributed by atoms with van der Waals surface area (Å²) in [6, 6.07) is 4.12. The lowest BCUT2D eigenvalue weighted by atomic mass is 9.99. The van der Waals surface area contributed by atoms with Gasteiger partial charge in [-0.25, -0.2) is 9.18 Å². The Bertz CT molecular complexity index is 583. The Kier molecular flexibility index (Phi) is 4.68. The van der Waals surface area contributed by atoms with Crippen LogP contribution in [0.15, 0.2) is 18.2 Å². The number of carboxylic acids is 1. The van der Waals surface area contributed by atoms with Crippen molar-refractivity contribution in [1.82, 2.24) is 5.32 Å². The van der Waals surface area contributed by atoms with E-state index in [0.29, 0.717) is 17.7 Å². The van der Waals surface area contributed by atoms with Gasteiger partial charge in [0.05, 0.1) is 0 Å². The molecule has 120 valence electrons. The molecule has 0 atom stereocenters. The van der Waals surface area contributed by atoms with E-state index in [-0.39, 0.29) is 18.2 Å². The first-order valence-electron chi connectivity index (χ1n) is 7.37. The summed E-state index contributed by atoms with van der Waals surface area (Å²) >= 11 is 0. The number of carbonyl (C=O) groups excluding carboxylic acids is 1. The Morgan fingerprint density at radius 3 is 2.64 bits per heavy atom. The molecule has 1 aliphatic carbocycles. The molecular weight excluding hydrogens is 287 g/mol. The molecule has 22 heavy (non-hydrogen) atoms. The van der Waals surface area contributed by atoms with Crippen molar-refractivity contribution in [2.24, 2.45) is 0 Å². The van der Waals surface area contributed by atoms with Gasteiger partial charge in [-0.05, 0) is 62.8 Å². The molecule has 0 aliphatic heterocycles. The second kappa shape index (κ2) is 6.34. The van der Waals surface area contributed by atoms with Crippen molar-refractivity contribution in [2.45, 2.75) is 51.0 Å². The van der Waals surface area contributed by atoms with Crippen molar-refractivity contribution < 1.29 is 19.1 Å². The molecule has 1 aromatic rings. The predicted octanol–water partition coefficient (Wildman–Crippen LogP) is 3.47. The maximum absolute atomic E-state index is 13.7. The van der Waals surface area contributed by atoms with Crippen LogP contribution in [0.4, 0.5) is 14.9 Å². The second-order valence-corrected chi connectivity index (χ2v) is 6.37. The number of nitrogens with one attached hydrogen (secondary N) is 2. The SMILES string of the molecule is CC(C)(CCC(=O)O)NC(=O)Nc1ccc(F)c(C2CC2)c1. The van der Waals surface area contributed by atoms with Crippen LogP contribution in [0, 0.1) is 5.82 Å². The number of aliphatic carboxylic acids is 1. The highest BCUT2D eigenvalue weighted by molar-refractivity contribution is 5.89. The molecular formula is C16H21FN2O3. The van der Waals surface area contributed by atoms with Crippen LogP contribution in [-0.4, -0.2) is 22.6 Å². The van der Waals surface area contributed by atoms with E-state index in [4.69, 9.17) is 5.11 Å². The summed E-state index contributed by atoms with van der Waals surface area (Å²) in [7, 11) is 0. The highest BCUT2D eigenvalue weighted by Gasteiger charge is 2.27. The lowest BCUT2D eigenvalue weighted by molar-refractivity contribution is -0.137. The molecule has 0 saturated heterocycles. The Hall–Kier alpha value is -2.11. The number of carbonyl (C=O) groups is 2. The summed E-state index contributed by atoms with van der Waals surface area (Å²) in [5, 5.41) is 14.1. The molecule has 0 aromatic heterocycles. The van der Waals surface area contributed by atoms with Gasteiger partial charge in [-0.2, -0.15) is 0 Å². The van der Waals surface area contributed by atoms with Crippen molar-refractivity contribution in [3.8, 4) is 0 Å². The first kappa shape index (κ1) is 16.3. The highest BCUT2D eigenvalue weighted by Crippen LogP contribution is 2.42. The zero-order valence-corrected chi connectivity index (χ0v) is 12.8. The van der Waals surface area contributed by atoms with Crippen LogP contribution in [0.1, 0.15) is 51.0 Å². The van der Waals surface area contributed by atoms with Gasteiger partial charge < -0.3 is 15.7 Å². The van der Waals surface area contributed by atoms with Crippen molar-refractivity contribution >= 4 is 17.7 Å². The average Bonchev–Trinajstić information content (AvgIpc) is 3.22. The molecule has 0 spiro atoms. The monoisotopic (exact) mass is 308 g/mol. The average molecular weight is 308 g/mol. The van der Waals surface area contributed by atoms with Crippen LogP contribution in [0.5, 0.6) is 0 Å². The molecule has 1 fully saturated rings. The summed E-state index contributed by atoms with van der Waals surface area (Å²) in [6.07, 6.45) is 2.27. The number of halogens is 1. The van der Waals surface area contributed by atoms with Gasteiger partial charge in [-0.15, -0.1) is 0 Å². The predicted molar refractivity (Wildman–Crippen MR) is 81.5 cm³/mol. The molecule has 1 aliphatic rings. The molecule has 1 aromatic carbocycles. The number of carboxylic acid groups (broad SMARTS) is 1. The van der Waals surface area contributed by atoms with Gasteiger partial charge in [0.2, 0.25) is 0 Å². The summed E-state index contributed by atoms with van der Waals surface area (Å²) in [6.45, 7) is 3.52. The van der Waals surface area contributed by atoms with E-state index in [1.54, 1.807) is 19.9 Å². The molecule has 0 bridgehead atoms. The van der Waals surface area contributed by atoms with E-state index in [1.807, 2.05) is 0 Å². The van der Waals surface area contributed by atoms with E-state index >= 15 is 0 Å². The smallest absolute Gasteiger partial charge is 0.319 e. The van der Waals surface area contributed by atoms with Gasteiger partial charge in [0.1, 0.15) is 5.82 Å². The number of urea groups is 1. The Morgan fingerprint density at radius 1 is 1.36 bits per heavy atom. The molecule has 0 unspecified atom stereocenters. The quantitative estimate of drug-likeness (QED) is 0.753. The van der Waals surface area contributed by atoms with E-state index in [2.05, 4.69) is 10.6 Å². The third-order valence-corrected chi connectivity index (χ3v) is 3.69. The third kappa shape index (κ3) is 4.72. The Balaban J connectivity index is 1.94. The minimum absolute atomic E-state index is 0.0182. The van der Waals surface area contributed by atoms with Gasteiger partial charge in [-0.3, -0.25) is 4.79 Å². The van der Waals surface area contributed by atoms with Crippen LogP contribution >= 0.6 is 0 Å². The molecule has 1 saturated carbocycles. The highest BCUT2D eigenvalue weighted by atomic mass is 19.1. The Morgan fingerprint density at radius 2 is 2.05 bits per heavy atom. The minimum atomic E-state index is -0.900. The third-order valence-electron chi connectivity index (χ3n) is 3.69. The maximum atomic E-state index is 13.7.